The van der Waals surface area contributed by atoms with Crippen LogP contribution in [0, 0.1) is 20.6 Å². The van der Waals surface area contributed by atoms with Crippen LogP contribution in [0.2, 0.25) is 0 Å². The minimum atomic E-state index is -1.02. The first-order chi connectivity index (χ1) is 15.6. The molecule has 33 heavy (non-hydrogen) atoms. The Morgan fingerprint density at radius 1 is 1.42 bits per heavy atom. The molecule has 0 amide bonds. The molecule has 0 saturated carbocycles. The average molecular weight is 575 g/mol. The summed E-state index contributed by atoms with van der Waals surface area (Å²) >= 11 is 2.04. The van der Waals surface area contributed by atoms with E-state index in [-0.39, 0.29) is 25.3 Å². The number of halogens is 1. The number of hydrogen-bond acceptors (Lipinski definition) is 9. The Morgan fingerprint density at radius 2 is 2.15 bits per heavy atom. The van der Waals surface area contributed by atoms with Crippen molar-refractivity contribution in [1.82, 2.24) is 9.55 Å². The summed E-state index contributed by atoms with van der Waals surface area (Å²) in [5.74, 6) is -0.458. The Balaban J connectivity index is 1.54. The minimum Gasteiger partial charge on any atom is -0.434 e. The van der Waals surface area contributed by atoms with Gasteiger partial charge in [-0.1, -0.05) is 6.92 Å². The molecule has 3 rings (SSSR count). The molecule has 1 fully saturated rings. The largest absolute Gasteiger partial charge is 0.508 e. The Kier molecular flexibility index (Phi) is 7.86. The monoisotopic (exact) mass is 575 g/mol. The normalized spacial score (nSPS) is 20.9. The lowest BCUT2D eigenvalue weighted by Crippen LogP contribution is -2.33. The number of H-pyrrole nitrogens is 1. The van der Waals surface area contributed by atoms with Gasteiger partial charge in [0.2, 0.25) is 0 Å². The van der Waals surface area contributed by atoms with Gasteiger partial charge in [-0.2, -0.15) is 0 Å². The van der Waals surface area contributed by atoms with E-state index in [9.17, 15) is 29.6 Å². The summed E-state index contributed by atoms with van der Waals surface area (Å²) in [6.07, 6.45) is -2.39. The molecule has 1 aromatic heterocycles. The average Bonchev–Trinajstić information content (AvgIpc) is 3.12. The zero-order chi connectivity index (χ0) is 24.3. The molecule has 1 aliphatic rings. The lowest BCUT2D eigenvalue weighted by molar-refractivity contribution is -0.385. The summed E-state index contributed by atoms with van der Waals surface area (Å²) in [4.78, 5) is 48.4. The summed E-state index contributed by atoms with van der Waals surface area (Å²) in [6.45, 7) is 2.74. The van der Waals surface area contributed by atoms with E-state index in [2.05, 4.69) is 4.98 Å². The molecule has 0 radical (unpaired) electrons. The molecule has 2 N–H and O–H groups in total. The summed E-state index contributed by atoms with van der Waals surface area (Å²) in [7, 11) is 0. The summed E-state index contributed by atoms with van der Waals surface area (Å²) < 4.78 is 17.7. The fourth-order valence-electron chi connectivity index (χ4n) is 3.40. The van der Waals surface area contributed by atoms with E-state index in [1.54, 1.807) is 19.1 Å². The number of aliphatic hydroxyl groups excluding tert-OH is 1. The number of nitrogens with one attached hydrogen (secondary N) is 1. The number of aryl methyl sites for hydroxylation is 1. The second-order valence-corrected chi connectivity index (χ2v) is 8.89. The van der Waals surface area contributed by atoms with Crippen LogP contribution < -0.4 is 11.2 Å². The highest BCUT2D eigenvalue weighted by molar-refractivity contribution is 14.1. The zero-order valence-electron chi connectivity index (χ0n) is 17.7. The Hall–Kier alpha value is -2.78. The molecule has 0 aliphatic carbocycles. The van der Waals surface area contributed by atoms with Crippen molar-refractivity contribution in [3.05, 3.63) is 70.0 Å². The van der Waals surface area contributed by atoms with E-state index in [1.807, 2.05) is 22.6 Å². The summed E-state index contributed by atoms with van der Waals surface area (Å²) in [6, 6.07) is 4.67. The van der Waals surface area contributed by atoms with Gasteiger partial charge in [0.1, 0.15) is 25.5 Å². The van der Waals surface area contributed by atoms with Crippen LogP contribution in [0.1, 0.15) is 36.6 Å². The third kappa shape index (κ3) is 5.97. The molecule has 12 nitrogen and oxygen atoms in total. The van der Waals surface area contributed by atoms with Crippen molar-refractivity contribution in [1.29, 1.82) is 0 Å². The smallest absolute Gasteiger partial charge is 0.434 e. The van der Waals surface area contributed by atoms with Gasteiger partial charge < -0.3 is 19.3 Å². The van der Waals surface area contributed by atoms with Crippen molar-refractivity contribution in [2.45, 2.75) is 44.6 Å². The molecule has 1 aromatic carbocycles. The highest BCUT2D eigenvalue weighted by Crippen LogP contribution is 2.29. The molecular weight excluding hydrogens is 553 g/mol. The number of nitro benzene ring substituents is 1. The fraction of sp³-hybridized carbons (Fsp3) is 0.450. The fourth-order valence-corrected chi connectivity index (χ4v) is 3.91. The van der Waals surface area contributed by atoms with Gasteiger partial charge in [-0.25, -0.2) is 9.59 Å². The maximum Gasteiger partial charge on any atom is 0.508 e. The predicted octanol–water partition coefficient (Wildman–Crippen LogP) is 1.96. The minimum absolute atomic E-state index is 0.0573. The molecule has 2 unspecified atom stereocenters. The standard InChI is InChI=1S/C20H22IN3O9/c1-10-7-23(19(27)22-18(10)26)17-6-15(25)16(33-17)9-32-20(28)31-8-11(2)13-5-12(21)3-4-14(13)24(29)30/h3-5,7,11,15-17,25H,6,8-9H2,1-2H3,(H,22,26,27)/t11?,15?,16-,17-/m1/s1. The van der Waals surface area contributed by atoms with Crippen LogP contribution in [-0.2, 0) is 14.2 Å². The van der Waals surface area contributed by atoms with Gasteiger partial charge in [0.05, 0.1) is 11.0 Å². The number of nitro groups is 1. The molecule has 1 aliphatic heterocycles. The Morgan fingerprint density at radius 3 is 2.85 bits per heavy atom. The topological polar surface area (TPSA) is 163 Å². The van der Waals surface area contributed by atoms with Crippen molar-refractivity contribution in [3.8, 4) is 0 Å². The van der Waals surface area contributed by atoms with Gasteiger partial charge in [0.25, 0.3) is 11.2 Å². The van der Waals surface area contributed by atoms with Crippen molar-refractivity contribution in [3.63, 3.8) is 0 Å². The predicted molar refractivity (Wildman–Crippen MR) is 122 cm³/mol. The number of hydrogen-bond donors (Lipinski definition) is 2. The summed E-state index contributed by atoms with van der Waals surface area (Å²) in [5.41, 5.74) is -0.525. The highest BCUT2D eigenvalue weighted by Gasteiger charge is 2.36. The van der Waals surface area contributed by atoms with E-state index < -0.39 is 46.7 Å². The van der Waals surface area contributed by atoms with Crippen LogP contribution in [0.5, 0.6) is 0 Å². The first-order valence-corrected chi connectivity index (χ1v) is 11.0. The molecule has 0 spiro atoms. The van der Waals surface area contributed by atoms with E-state index in [1.165, 1.54) is 19.2 Å². The van der Waals surface area contributed by atoms with Crippen molar-refractivity contribution >= 4 is 34.4 Å². The van der Waals surface area contributed by atoms with Gasteiger partial charge in [-0.05, 0) is 41.6 Å². The number of ether oxygens (including phenoxy) is 3. The van der Waals surface area contributed by atoms with Gasteiger partial charge in [-0.3, -0.25) is 24.5 Å². The maximum atomic E-state index is 12.0. The molecular formula is C20H22IN3O9. The van der Waals surface area contributed by atoms with Crippen LogP contribution in [0.15, 0.2) is 34.0 Å². The van der Waals surface area contributed by atoms with Crippen LogP contribution in [-0.4, -0.2) is 51.2 Å². The van der Waals surface area contributed by atoms with Crippen LogP contribution >= 0.6 is 22.6 Å². The number of benzene rings is 1. The van der Waals surface area contributed by atoms with E-state index in [0.717, 1.165) is 8.14 Å². The van der Waals surface area contributed by atoms with Gasteiger partial charge in [0, 0.05) is 39.3 Å². The number of rotatable bonds is 7. The number of nitrogens with zero attached hydrogens (tertiary/aromatic N) is 2. The third-order valence-corrected chi connectivity index (χ3v) is 5.87. The van der Waals surface area contributed by atoms with Crippen molar-refractivity contribution in [2.75, 3.05) is 13.2 Å². The second-order valence-electron chi connectivity index (χ2n) is 7.64. The number of aliphatic hydroxyl groups is 1. The van der Waals surface area contributed by atoms with E-state index in [4.69, 9.17) is 14.2 Å². The number of aromatic nitrogens is 2. The highest BCUT2D eigenvalue weighted by atomic mass is 127. The molecule has 2 heterocycles. The number of aromatic amines is 1. The second kappa shape index (κ2) is 10.4. The quantitative estimate of drug-likeness (QED) is 0.218. The molecule has 4 atom stereocenters. The maximum absolute atomic E-state index is 12.0. The first kappa shape index (κ1) is 24.9. The molecule has 1 saturated heterocycles. The Labute approximate surface area is 200 Å². The lowest BCUT2D eigenvalue weighted by atomic mass is 10.0. The van der Waals surface area contributed by atoms with Crippen LogP contribution in [0.4, 0.5) is 10.5 Å². The SMILES string of the molecule is Cc1cn([C@H]2CC(O)[C@@H](COC(=O)OCC(C)c3cc(I)ccc3[N+](=O)[O-])O2)c(=O)[nH]c1=O. The van der Waals surface area contributed by atoms with Crippen molar-refractivity contribution < 1.29 is 29.0 Å². The molecule has 178 valence electrons. The number of carbonyl (C=O) groups excluding carboxylic acids is 1. The molecule has 2 aromatic rings. The molecule has 0 bridgehead atoms. The zero-order valence-corrected chi connectivity index (χ0v) is 19.9. The third-order valence-electron chi connectivity index (χ3n) is 5.19. The van der Waals surface area contributed by atoms with Crippen LogP contribution in [0.25, 0.3) is 0 Å². The van der Waals surface area contributed by atoms with Gasteiger partial charge in [-0.15, -0.1) is 0 Å². The number of carbonyl (C=O) groups is 1. The van der Waals surface area contributed by atoms with Crippen molar-refractivity contribution in [2.24, 2.45) is 0 Å². The van der Waals surface area contributed by atoms with Crippen LogP contribution in [0.3, 0.4) is 0 Å². The van der Waals surface area contributed by atoms with E-state index >= 15 is 0 Å². The lowest BCUT2D eigenvalue weighted by Gasteiger charge is -2.17. The van der Waals surface area contributed by atoms with Gasteiger partial charge in [0.15, 0.2) is 0 Å². The molecule has 13 heteroatoms. The van der Waals surface area contributed by atoms with E-state index in [0.29, 0.717) is 11.1 Å². The van der Waals surface area contributed by atoms with Gasteiger partial charge >= 0.3 is 11.8 Å². The first-order valence-electron chi connectivity index (χ1n) is 9.95. The summed E-state index contributed by atoms with van der Waals surface area (Å²) in [5, 5.41) is 21.5. The Bertz CT molecular complexity index is 1160.